The van der Waals surface area contributed by atoms with Gasteiger partial charge >= 0.3 is 0 Å². The van der Waals surface area contributed by atoms with Crippen LogP contribution in [0.15, 0.2) is 0 Å². The Bertz CT molecular complexity index is 297. The SMILES string of the molecule is CCCCCC1CC(CCCCC)N(O)C(N)(CCCCC)C1. The zero-order valence-electron chi connectivity index (χ0n) is 16.0. The highest BCUT2D eigenvalue weighted by Gasteiger charge is 2.42. The maximum atomic E-state index is 10.8. The van der Waals surface area contributed by atoms with E-state index in [0.29, 0.717) is 5.92 Å². The van der Waals surface area contributed by atoms with E-state index in [-0.39, 0.29) is 6.04 Å². The zero-order valence-corrected chi connectivity index (χ0v) is 16.0. The fraction of sp³-hybridized carbons (Fsp3) is 1.00. The summed E-state index contributed by atoms with van der Waals surface area (Å²) in [5.41, 5.74) is 6.22. The van der Waals surface area contributed by atoms with E-state index >= 15 is 0 Å². The lowest BCUT2D eigenvalue weighted by atomic mass is 9.78. The first-order chi connectivity index (χ1) is 11.1. The van der Waals surface area contributed by atoms with E-state index in [9.17, 15) is 5.21 Å². The summed E-state index contributed by atoms with van der Waals surface area (Å²) in [5.74, 6) is 0.697. The number of hydrogen-bond donors (Lipinski definition) is 2. The Morgan fingerprint density at radius 1 is 0.913 bits per heavy atom. The molecule has 0 bridgehead atoms. The molecular formula is C20H42N2O. The van der Waals surface area contributed by atoms with Crippen molar-refractivity contribution in [1.29, 1.82) is 0 Å². The van der Waals surface area contributed by atoms with Gasteiger partial charge in [-0.2, -0.15) is 5.06 Å². The van der Waals surface area contributed by atoms with Gasteiger partial charge in [0.1, 0.15) is 0 Å². The lowest BCUT2D eigenvalue weighted by Gasteiger charge is -2.49. The fourth-order valence-electron chi connectivity index (χ4n) is 4.20. The third-order valence-corrected chi connectivity index (χ3v) is 5.62. The molecule has 0 spiro atoms. The van der Waals surface area contributed by atoms with Crippen molar-refractivity contribution < 1.29 is 5.21 Å². The van der Waals surface area contributed by atoms with Crippen LogP contribution in [0.3, 0.4) is 0 Å². The first-order valence-electron chi connectivity index (χ1n) is 10.3. The fourth-order valence-corrected chi connectivity index (χ4v) is 4.20. The van der Waals surface area contributed by atoms with Gasteiger partial charge in [0.2, 0.25) is 0 Å². The number of hydroxylamine groups is 2. The highest BCUT2D eigenvalue weighted by Crippen LogP contribution is 2.38. The second kappa shape index (κ2) is 11.4. The molecular weight excluding hydrogens is 284 g/mol. The summed E-state index contributed by atoms with van der Waals surface area (Å²) in [7, 11) is 0. The molecule has 1 heterocycles. The molecule has 0 aromatic rings. The quantitative estimate of drug-likeness (QED) is 0.442. The molecule has 23 heavy (non-hydrogen) atoms. The Hall–Kier alpha value is -0.120. The van der Waals surface area contributed by atoms with Crippen molar-refractivity contribution in [2.75, 3.05) is 0 Å². The van der Waals surface area contributed by atoms with E-state index < -0.39 is 5.66 Å². The topological polar surface area (TPSA) is 49.5 Å². The van der Waals surface area contributed by atoms with Crippen molar-refractivity contribution in [2.24, 2.45) is 11.7 Å². The zero-order chi connectivity index (χ0) is 17.1. The first-order valence-corrected chi connectivity index (χ1v) is 10.3. The minimum Gasteiger partial charge on any atom is -0.312 e. The van der Waals surface area contributed by atoms with Crippen molar-refractivity contribution in [2.45, 2.75) is 122 Å². The standard InChI is InChI=1S/C20H42N2O/c1-4-7-10-13-18-16-19(14-11-8-5-2)22(23)20(21,17-18)15-12-9-6-3/h18-19,23H,4-17,21H2,1-3H3. The van der Waals surface area contributed by atoms with Gasteiger partial charge in [-0.3, -0.25) is 0 Å². The van der Waals surface area contributed by atoms with E-state index in [1.807, 2.05) is 0 Å². The van der Waals surface area contributed by atoms with Gasteiger partial charge < -0.3 is 10.9 Å². The minimum atomic E-state index is -0.485. The van der Waals surface area contributed by atoms with E-state index in [2.05, 4.69) is 20.8 Å². The summed E-state index contributed by atoms with van der Waals surface area (Å²) in [5, 5.41) is 12.4. The number of hydrogen-bond acceptors (Lipinski definition) is 3. The molecule has 1 aliphatic heterocycles. The molecule has 1 aliphatic rings. The Balaban J connectivity index is 2.64. The lowest BCUT2D eigenvalue weighted by Crippen LogP contribution is -2.62. The van der Waals surface area contributed by atoms with Crippen molar-refractivity contribution in [3.8, 4) is 0 Å². The van der Waals surface area contributed by atoms with Crippen LogP contribution in [0, 0.1) is 5.92 Å². The summed E-state index contributed by atoms with van der Waals surface area (Å²) >= 11 is 0. The van der Waals surface area contributed by atoms with Crippen LogP contribution < -0.4 is 5.73 Å². The van der Waals surface area contributed by atoms with E-state index in [4.69, 9.17) is 5.73 Å². The lowest BCUT2D eigenvalue weighted by molar-refractivity contribution is -0.234. The van der Waals surface area contributed by atoms with Gasteiger partial charge in [0.25, 0.3) is 0 Å². The maximum absolute atomic E-state index is 10.8. The Morgan fingerprint density at radius 2 is 1.48 bits per heavy atom. The molecule has 0 aliphatic carbocycles. The van der Waals surface area contributed by atoms with Crippen molar-refractivity contribution in [1.82, 2.24) is 5.06 Å². The molecule has 1 rings (SSSR count). The van der Waals surface area contributed by atoms with Crippen LogP contribution in [0.2, 0.25) is 0 Å². The monoisotopic (exact) mass is 326 g/mol. The Morgan fingerprint density at radius 3 is 2.09 bits per heavy atom. The van der Waals surface area contributed by atoms with Gasteiger partial charge in [-0.05, 0) is 31.6 Å². The number of nitrogens with zero attached hydrogens (tertiary/aromatic N) is 1. The van der Waals surface area contributed by atoms with Crippen LogP contribution in [0.5, 0.6) is 0 Å². The summed E-state index contributed by atoms with van der Waals surface area (Å²) in [6.07, 6.45) is 16.6. The molecule has 0 saturated carbocycles. The third kappa shape index (κ3) is 7.11. The first kappa shape index (κ1) is 20.9. The van der Waals surface area contributed by atoms with Crippen LogP contribution in [-0.4, -0.2) is 22.0 Å². The van der Waals surface area contributed by atoms with Crippen molar-refractivity contribution in [3.63, 3.8) is 0 Å². The molecule has 0 amide bonds. The molecule has 1 fully saturated rings. The molecule has 3 unspecified atom stereocenters. The van der Waals surface area contributed by atoms with Crippen LogP contribution >= 0.6 is 0 Å². The number of rotatable bonds is 12. The number of piperidine rings is 1. The Kier molecular flexibility index (Phi) is 10.4. The minimum absolute atomic E-state index is 0.272. The van der Waals surface area contributed by atoms with Gasteiger partial charge in [0.15, 0.2) is 0 Å². The van der Waals surface area contributed by atoms with Crippen LogP contribution in [0.4, 0.5) is 0 Å². The van der Waals surface area contributed by atoms with Crippen LogP contribution in [0.1, 0.15) is 111 Å². The highest BCUT2D eigenvalue weighted by molar-refractivity contribution is 4.92. The predicted molar refractivity (Wildman–Crippen MR) is 99.5 cm³/mol. The normalized spacial score (nSPS) is 29.1. The second-order valence-corrected chi connectivity index (χ2v) is 7.86. The molecule has 0 radical (unpaired) electrons. The highest BCUT2D eigenvalue weighted by atomic mass is 16.5. The second-order valence-electron chi connectivity index (χ2n) is 7.86. The van der Waals surface area contributed by atoms with Crippen molar-refractivity contribution in [3.05, 3.63) is 0 Å². The summed E-state index contributed by atoms with van der Waals surface area (Å²) in [6, 6.07) is 0.272. The molecule has 3 N–H and O–H groups in total. The smallest absolute Gasteiger partial charge is 0.0931 e. The van der Waals surface area contributed by atoms with E-state index in [0.717, 1.165) is 32.1 Å². The molecule has 3 atom stereocenters. The average molecular weight is 327 g/mol. The molecule has 1 saturated heterocycles. The van der Waals surface area contributed by atoms with Gasteiger partial charge in [0, 0.05) is 6.04 Å². The van der Waals surface area contributed by atoms with E-state index in [1.165, 1.54) is 57.8 Å². The molecule has 3 nitrogen and oxygen atoms in total. The summed E-state index contributed by atoms with van der Waals surface area (Å²) < 4.78 is 0. The molecule has 3 heteroatoms. The van der Waals surface area contributed by atoms with E-state index in [1.54, 1.807) is 5.06 Å². The molecule has 0 aromatic carbocycles. The van der Waals surface area contributed by atoms with Crippen LogP contribution in [-0.2, 0) is 0 Å². The Labute approximate surface area is 145 Å². The van der Waals surface area contributed by atoms with Crippen LogP contribution in [0.25, 0.3) is 0 Å². The van der Waals surface area contributed by atoms with Crippen molar-refractivity contribution >= 4 is 0 Å². The largest absolute Gasteiger partial charge is 0.312 e. The molecule has 138 valence electrons. The van der Waals surface area contributed by atoms with Gasteiger partial charge in [-0.25, -0.2) is 0 Å². The third-order valence-electron chi connectivity index (χ3n) is 5.62. The number of unbranched alkanes of at least 4 members (excludes halogenated alkanes) is 6. The summed E-state index contributed by atoms with van der Waals surface area (Å²) in [4.78, 5) is 0. The predicted octanol–water partition coefficient (Wildman–Crippen LogP) is 5.85. The van der Waals surface area contributed by atoms with Gasteiger partial charge in [-0.1, -0.05) is 85.0 Å². The van der Waals surface area contributed by atoms with Gasteiger partial charge in [0.05, 0.1) is 5.66 Å². The average Bonchev–Trinajstić information content (AvgIpc) is 2.53. The molecule has 0 aromatic heterocycles. The van der Waals surface area contributed by atoms with Gasteiger partial charge in [-0.15, -0.1) is 0 Å². The summed E-state index contributed by atoms with van der Waals surface area (Å²) in [6.45, 7) is 6.73. The number of nitrogens with two attached hydrogens (primary N) is 1. The maximum Gasteiger partial charge on any atom is 0.0931 e.